The number of nitrogens with zero attached hydrogens (tertiary/aromatic N) is 1. The van der Waals surface area contributed by atoms with Crippen LogP contribution in [0.2, 0.25) is 0 Å². The number of primary amides is 1. The lowest BCUT2D eigenvalue weighted by Gasteiger charge is -2.10. The van der Waals surface area contributed by atoms with E-state index in [0.29, 0.717) is 24.8 Å². The molecule has 0 spiro atoms. The molecule has 0 aliphatic carbocycles. The van der Waals surface area contributed by atoms with Gasteiger partial charge in [0.15, 0.2) is 11.7 Å². The summed E-state index contributed by atoms with van der Waals surface area (Å²) in [6.07, 6.45) is 0. The van der Waals surface area contributed by atoms with Gasteiger partial charge in [-0.1, -0.05) is 12.1 Å². The Hall–Kier alpha value is -2.96. The molecule has 2 rings (SSSR count). The van der Waals surface area contributed by atoms with E-state index in [9.17, 15) is 4.79 Å². The van der Waals surface area contributed by atoms with Gasteiger partial charge in [0.2, 0.25) is 0 Å². The van der Waals surface area contributed by atoms with Crippen molar-refractivity contribution in [1.29, 1.82) is 0 Å². The quantitative estimate of drug-likeness (QED) is 0.529. The van der Waals surface area contributed by atoms with Gasteiger partial charge in [-0.2, -0.15) is 0 Å². The highest BCUT2D eigenvalue weighted by Crippen LogP contribution is 2.12. The van der Waals surface area contributed by atoms with Crippen LogP contribution in [-0.4, -0.2) is 25.5 Å². The van der Waals surface area contributed by atoms with Crippen molar-refractivity contribution in [2.24, 2.45) is 10.7 Å². The van der Waals surface area contributed by atoms with Crippen molar-refractivity contribution >= 4 is 11.9 Å². The Morgan fingerprint density at radius 2 is 1.96 bits per heavy atom. The molecule has 7 nitrogen and oxygen atoms in total. The number of amides is 1. The van der Waals surface area contributed by atoms with Gasteiger partial charge < -0.3 is 25.5 Å². The molecule has 0 atom stereocenters. The predicted molar refractivity (Wildman–Crippen MR) is 91.9 cm³/mol. The van der Waals surface area contributed by atoms with Gasteiger partial charge in [-0.3, -0.25) is 4.79 Å². The molecule has 1 heterocycles. The van der Waals surface area contributed by atoms with Gasteiger partial charge in [0.25, 0.3) is 5.91 Å². The smallest absolute Gasteiger partial charge is 0.284 e. The molecule has 0 saturated carbocycles. The van der Waals surface area contributed by atoms with Crippen LogP contribution in [0, 0.1) is 0 Å². The molecule has 4 N–H and O–H groups in total. The SMILES string of the molecule is CCNC(=NCc1ccc(OC)cc1)NCc1ccc(C(N)=O)o1. The van der Waals surface area contributed by atoms with Crippen molar-refractivity contribution in [3.63, 3.8) is 0 Å². The van der Waals surface area contributed by atoms with E-state index in [2.05, 4.69) is 15.6 Å². The van der Waals surface area contributed by atoms with E-state index < -0.39 is 5.91 Å². The monoisotopic (exact) mass is 330 g/mol. The van der Waals surface area contributed by atoms with E-state index in [-0.39, 0.29) is 5.76 Å². The molecule has 128 valence electrons. The number of nitrogens with one attached hydrogen (secondary N) is 2. The van der Waals surface area contributed by atoms with E-state index in [1.807, 2.05) is 31.2 Å². The third-order valence-electron chi connectivity index (χ3n) is 3.26. The largest absolute Gasteiger partial charge is 0.497 e. The molecule has 0 bridgehead atoms. The van der Waals surface area contributed by atoms with Crippen molar-refractivity contribution in [2.45, 2.75) is 20.0 Å². The third-order valence-corrected chi connectivity index (χ3v) is 3.26. The second-order valence-electron chi connectivity index (χ2n) is 5.03. The summed E-state index contributed by atoms with van der Waals surface area (Å²) in [6, 6.07) is 11.0. The minimum Gasteiger partial charge on any atom is -0.497 e. The Morgan fingerprint density at radius 3 is 2.54 bits per heavy atom. The molecule has 0 saturated heterocycles. The summed E-state index contributed by atoms with van der Waals surface area (Å²) in [5, 5.41) is 6.31. The fourth-order valence-electron chi connectivity index (χ4n) is 2.02. The average Bonchev–Trinajstić information content (AvgIpc) is 3.07. The van der Waals surface area contributed by atoms with Gasteiger partial charge in [-0.25, -0.2) is 4.99 Å². The minimum absolute atomic E-state index is 0.145. The maximum Gasteiger partial charge on any atom is 0.284 e. The zero-order valence-electron chi connectivity index (χ0n) is 13.8. The van der Waals surface area contributed by atoms with Crippen LogP contribution < -0.4 is 21.1 Å². The Bertz CT molecular complexity index is 692. The molecule has 0 fully saturated rings. The molecule has 1 aromatic carbocycles. The number of hydrogen-bond acceptors (Lipinski definition) is 4. The lowest BCUT2D eigenvalue weighted by atomic mass is 10.2. The summed E-state index contributed by atoms with van der Waals surface area (Å²) in [6.45, 7) is 3.66. The molecule has 2 aromatic rings. The fraction of sp³-hybridized carbons (Fsp3) is 0.294. The first-order valence-corrected chi connectivity index (χ1v) is 7.66. The average molecular weight is 330 g/mol. The van der Waals surface area contributed by atoms with Crippen molar-refractivity contribution < 1.29 is 13.9 Å². The molecule has 0 radical (unpaired) electrons. The van der Waals surface area contributed by atoms with Gasteiger partial charge in [0.1, 0.15) is 11.5 Å². The topological polar surface area (TPSA) is 102 Å². The first kappa shape index (κ1) is 17.4. The molecular formula is C17H22N4O3. The first-order chi connectivity index (χ1) is 11.6. The van der Waals surface area contributed by atoms with Crippen LogP contribution in [0.25, 0.3) is 0 Å². The number of nitrogens with two attached hydrogens (primary N) is 1. The van der Waals surface area contributed by atoms with Gasteiger partial charge in [0.05, 0.1) is 20.2 Å². The maximum absolute atomic E-state index is 11.0. The highest BCUT2D eigenvalue weighted by molar-refractivity contribution is 5.89. The third kappa shape index (κ3) is 5.05. The second kappa shape index (κ2) is 8.61. The predicted octanol–water partition coefficient (Wildman–Crippen LogP) is 1.64. The number of methoxy groups -OCH3 is 1. The second-order valence-corrected chi connectivity index (χ2v) is 5.03. The summed E-state index contributed by atoms with van der Waals surface area (Å²) in [4.78, 5) is 15.5. The summed E-state index contributed by atoms with van der Waals surface area (Å²) in [7, 11) is 1.64. The number of aliphatic imine (C=N–C) groups is 1. The number of ether oxygens (including phenoxy) is 1. The van der Waals surface area contributed by atoms with Gasteiger partial charge in [-0.15, -0.1) is 0 Å². The molecule has 1 amide bonds. The van der Waals surface area contributed by atoms with Crippen LogP contribution in [-0.2, 0) is 13.1 Å². The molecular weight excluding hydrogens is 308 g/mol. The van der Waals surface area contributed by atoms with Crippen LogP contribution in [0.5, 0.6) is 5.75 Å². The van der Waals surface area contributed by atoms with E-state index >= 15 is 0 Å². The molecule has 0 unspecified atom stereocenters. The lowest BCUT2D eigenvalue weighted by Crippen LogP contribution is -2.36. The van der Waals surface area contributed by atoms with Crippen molar-refractivity contribution in [1.82, 2.24) is 10.6 Å². The van der Waals surface area contributed by atoms with Gasteiger partial charge in [-0.05, 0) is 36.8 Å². The molecule has 0 aliphatic heterocycles. The number of furan rings is 1. The van der Waals surface area contributed by atoms with Crippen LogP contribution in [0.1, 0.15) is 28.8 Å². The Balaban J connectivity index is 1.95. The number of benzene rings is 1. The normalized spacial score (nSPS) is 11.2. The highest BCUT2D eigenvalue weighted by atomic mass is 16.5. The Kier molecular flexibility index (Phi) is 6.24. The Labute approximate surface area is 140 Å². The first-order valence-electron chi connectivity index (χ1n) is 7.66. The number of hydrogen-bond donors (Lipinski definition) is 3. The number of guanidine groups is 1. The summed E-state index contributed by atoms with van der Waals surface area (Å²) in [5.74, 6) is 1.65. The minimum atomic E-state index is -0.582. The van der Waals surface area contributed by atoms with Gasteiger partial charge >= 0.3 is 0 Å². The maximum atomic E-state index is 11.0. The summed E-state index contributed by atoms with van der Waals surface area (Å²) >= 11 is 0. The van der Waals surface area contributed by atoms with Crippen LogP contribution >= 0.6 is 0 Å². The highest BCUT2D eigenvalue weighted by Gasteiger charge is 2.07. The number of carbonyl (C=O) groups excluding carboxylic acids is 1. The van der Waals surface area contributed by atoms with Gasteiger partial charge in [0, 0.05) is 6.54 Å². The van der Waals surface area contributed by atoms with E-state index in [4.69, 9.17) is 14.9 Å². The van der Waals surface area contributed by atoms with Crippen molar-refractivity contribution in [3.8, 4) is 5.75 Å². The molecule has 24 heavy (non-hydrogen) atoms. The van der Waals surface area contributed by atoms with Crippen molar-refractivity contribution in [2.75, 3.05) is 13.7 Å². The summed E-state index contributed by atoms with van der Waals surface area (Å²) in [5.41, 5.74) is 6.24. The zero-order chi connectivity index (χ0) is 17.4. The van der Waals surface area contributed by atoms with E-state index in [0.717, 1.165) is 17.9 Å². The Morgan fingerprint density at radius 1 is 1.21 bits per heavy atom. The molecule has 1 aromatic heterocycles. The van der Waals surface area contributed by atoms with Crippen LogP contribution in [0.4, 0.5) is 0 Å². The molecule has 0 aliphatic rings. The summed E-state index contributed by atoms with van der Waals surface area (Å²) < 4.78 is 10.5. The van der Waals surface area contributed by atoms with E-state index in [1.165, 1.54) is 0 Å². The van der Waals surface area contributed by atoms with E-state index in [1.54, 1.807) is 19.2 Å². The lowest BCUT2D eigenvalue weighted by molar-refractivity contribution is 0.0972. The zero-order valence-corrected chi connectivity index (χ0v) is 13.8. The number of rotatable bonds is 7. The molecule has 7 heteroatoms. The standard InChI is InChI=1S/C17H22N4O3/c1-3-19-17(20-10-12-4-6-13(23-2)7-5-12)21-11-14-8-9-15(24-14)16(18)22/h4-9H,3,10-11H2,1-2H3,(H2,18,22)(H2,19,20,21). The number of carbonyl (C=O) groups is 1. The fourth-order valence-corrected chi connectivity index (χ4v) is 2.02. The van der Waals surface area contributed by atoms with Crippen LogP contribution in [0.3, 0.4) is 0 Å². The van der Waals surface area contributed by atoms with Crippen molar-refractivity contribution in [3.05, 3.63) is 53.5 Å². The van der Waals surface area contributed by atoms with Crippen LogP contribution in [0.15, 0.2) is 45.8 Å².